The highest BCUT2D eigenvalue weighted by Crippen LogP contribution is 2.50. The molecule has 8 rings (SSSR count). The number of thiophene rings is 1. The molecule has 7 nitrogen and oxygen atoms in total. The van der Waals surface area contributed by atoms with Crippen LogP contribution in [0.1, 0.15) is 24.0 Å². The lowest BCUT2D eigenvalue weighted by atomic mass is 9.78. The summed E-state index contributed by atoms with van der Waals surface area (Å²) in [6, 6.07) is 25.0. The third kappa shape index (κ3) is 4.96. The first-order valence-corrected chi connectivity index (χ1v) is 16.8. The zero-order valence-electron chi connectivity index (χ0n) is 25.4. The monoisotopic (exact) mass is 663 g/mol. The zero-order valence-corrected chi connectivity index (χ0v) is 27.0. The number of anilines is 3. The Hall–Kier alpha value is -4.74. The molecule has 0 aliphatic heterocycles. The summed E-state index contributed by atoms with van der Waals surface area (Å²) in [6.45, 7) is 4.13. The third-order valence-corrected chi connectivity index (χ3v) is 10.8. The lowest BCUT2D eigenvalue weighted by molar-refractivity contribution is -0.136. The van der Waals surface area contributed by atoms with Gasteiger partial charge in [0, 0.05) is 51.1 Å². The number of hydrogen-bond acceptors (Lipinski definition) is 9. The predicted octanol–water partition coefficient (Wildman–Crippen LogP) is 8.98. The van der Waals surface area contributed by atoms with E-state index in [1.807, 2.05) is 12.1 Å². The average molecular weight is 664 g/mol. The van der Waals surface area contributed by atoms with Crippen LogP contribution in [0.2, 0.25) is 0 Å². The molecule has 2 saturated carbocycles. The summed E-state index contributed by atoms with van der Waals surface area (Å²) in [5, 5.41) is 3.08. The first kappa shape index (κ1) is 29.6. The van der Waals surface area contributed by atoms with Crippen LogP contribution < -0.4 is 4.90 Å². The summed E-state index contributed by atoms with van der Waals surface area (Å²) >= 11 is 2.60. The second kappa shape index (κ2) is 11.5. The van der Waals surface area contributed by atoms with Crippen molar-refractivity contribution in [3.8, 4) is 10.4 Å². The number of alkyl halides is 2. The number of carbonyl (C=O) groups excluding carboxylic acids is 2. The maximum Gasteiger partial charge on any atom is 0.243 e. The Morgan fingerprint density at radius 1 is 0.830 bits per heavy atom. The van der Waals surface area contributed by atoms with Gasteiger partial charge in [0.25, 0.3) is 0 Å². The normalized spacial score (nSPS) is 22.0. The molecule has 0 spiro atoms. The molecule has 0 saturated heterocycles. The number of aliphatic imine (C=N–C) groups is 1. The Morgan fingerprint density at radius 3 is 2.15 bits per heavy atom. The van der Waals surface area contributed by atoms with Gasteiger partial charge >= 0.3 is 0 Å². The van der Waals surface area contributed by atoms with Crippen molar-refractivity contribution < 1.29 is 18.4 Å². The lowest BCUT2D eigenvalue weighted by Crippen LogP contribution is -2.36. The summed E-state index contributed by atoms with van der Waals surface area (Å²) < 4.78 is 38.1. The van der Waals surface area contributed by atoms with E-state index in [-0.39, 0.29) is 24.4 Å². The molecule has 3 aromatic heterocycles. The Kier molecular flexibility index (Phi) is 7.25. The van der Waals surface area contributed by atoms with Crippen LogP contribution in [0.15, 0.2) is 84.0 Å². The first-order chi connectivity index (χ1) is 22.8. The summed E-state index contributed by atoms with van der Waals surface area (Å²) in [5.41, 5.74) is 5.88. The number of hydrogen-bond donors (Lipinski definition) is 0. The molecule has 2 aliphatic carbocycles. The fourth-order valence-corrected chi connectivity index (χ4v) is 8.59. The van der Waals surface area contributed by atoms with Gasteiger partial charge in [0.15, 0.2) is 5.82 Å². The van der Waals surface area contributed by atoms with Gasteiger partial charge < -0.3 is 4.90 Å². The molecule has 2 aliphatic rings. The van der Waals surface area contributed by atoms with Gasteiger partial charge in [-0.1, -0.05) is 59.7 Å². The molecule has 0 N–H and O–H groups in total. The standard InChI is InChI=1S/C36H27F2N5O2S2/c1-18-7-11-21(12-8-18)43(22-13-9-19(2)10-14-22)36-24-6-4-3-5-23(24)34(46-36)26-17-39-35(31-29(26)41-47-42-31)40-30-25-15-20(37)16-27(38)28(25)32(44)33(30)45/h3-14,17,20,25,27-28H,15-16H2,1-2H3. The molecule has 6 aromatic rings. The van der Waals surface area contributed by atoms with Crippen LogP contribution in [-0.2, 0) is 9.59 Å². The molecule has 3 heterocycles. The van der Waals surface area contributed by atoms with Gasteiger partial charge in [0.2, 0.25) is 11.6 Å². The Morgan fingerprint density at radius 2 is 1.47 bits per heavy atom. The fraction of sp³-hybridized carbons (Fsp3) is 0.222. The molecule has 4 atom stereocenters. The van der Waals surface area contributed by atoms with Crippen LogP contribution in [0.25, 0.3) is 32.2 Å². The van der Waals surface area contributed by atoms with Gasteiger partial charge in [-0.2, -0.15) is 8.75 Å². The molecule has 47 heavy (non-hydrogen) atoms. The van der Waals surface area contributed by atoms with Gasteiger partial charge in [-0.25, -0.2) is 18.8 Å². The van der Waals surface area contributed by atoms with Gasteiger partial charge in [-0.15, -0.1) is 11.3 Å². The molecular formula is C36H27F2N5O2S2. The minimum absolute atomic E-state index is 0.104. The van der Waals surface area contributed by atoms with Crippen LogP contribution in [0, 0.1) is 25.7 Å². The maximum atomic E-state index is 14.7. The second-order valence-electron chi connectivity index (χ2n) is 12.2. The van der Waals surface area contributed by atoms with E-state index >= 15 is 0 Å². The predicted molar refractivity (Wildman–Crippen MR) is 183 cm³/mol. The molecule has 0 bridgehead atoms. The third-order valence-electron chi connectivity index (χ3n) is 9.05. The number of Topliss-reactive ketones (excluding diaryl/α,β-unsaturated/α-hetero) is 2. The van der Waals surface area contributed by atoms with Gasteiger partial charge in [-0.3, -0.25) is 9.59 Å². The van der Waals surface area contributed by atoms with E-state index in [1.54, 1.807) is 17.5 Å². The number of rotatable bonds is 5. The summed E-state index contributed by atoms with van der Waals surface area (Å²) in [7, 11) is 0. The topological polar surface area (TPSA) is 88.4 Å². The van der Waals surface area contributed by atoms with Crippen molar-refractivity contribution in [3.05, 3.63) is 90.1 Å². The number of aromatic nitrogens is 3. The highest BCUT2D eigenvalue weighted by Gasteiger charge is 2.54. The SMILES string of the molecule is Cc1ccc(N(c2ccc(C)cc2)c2sc(-c3cnc(N=C4C(=O)C(=O)C5C(F)CC(F)CC45)c4nsnc34)c3ccccc23)cc1. The molecular weight excluding hydrogens is 637 g/mol. The van der Waals surface area contributed by atoms with Crippen LogP contribution in [0.5, 0.6) is 0 Å². The summed E-state index contributed by atoms with van der Waals surface area (Å²) in [4.78, 5) is 37.9. The van der Waals surface area contributed by atoms with Gasteiger partial charge in [-0.05, 0) is 44.5 Å². The largest absolute Gasteiger partial charge is 0.301 e. The highest BCUT2D eigenvalue weighted by molar-refractivity contribution is 7.21. The van der Waals surface area contributed by atoms with Gasteiger partial charge in [0.05, 0.1) is 23.4 Å². The van der Waals surface area contributed by atoms with E-state index in [0.717, 1.165) is 49.3 Å². The van der Waals surface area contributed by atoms with Crippen molar-refractivity contribution in [3.63, 3.8) is 0 Å². The van der Waals surface area contributed by atoms with Crippen LogP contribution in [-0.4, -0.2) is 43.4 Å². The van der Waals surface area contributed by atoms with Crippen LogP contribution in [0.3, 0.4) is 0 Å². The zero-order chi connectivity index (χ0) is 32.4. The smallest absolute Gasteiger partial charge is 0.243 e. The quantitative estimate of drug-likeness (QED) is 0.171. The average Bonchev–Trinajstić information content (AvgIpc) is 3.76. The minimum atomic E-state index is -1.72. The number of ketones is 2. The molecule has 11 heteroatoms. The number of pyridine rings is 1. The molecule has 3 aromatic carbocycles. The van der Waals surface area contributed by atoms with E-state index in [4.69, 9.17) is 0 Å². The minimum Gasteiger partial charge on any atom is -0.301 e. The van der Waals surface area contributed by atoms with Crippen LogP contribution >= 0.6 is 23.1 Å². The maximum absolute atomic E-state index is 14.7. The lowest BCUT2D eigenvalue weighted by Gasteiger charge is -2.28. The van der Waals surface area contributed by atoms with Crippen molar-refractivity contribution in [1.82, 2.24) is 13.7 Å². The number of benzene rings is 3. The van der Waals surface area contributed by atoms with Crippen LogP contribution in [0.4, 0.5) is 31.0 Å². The van der Waals surface area contributed by atoms with E-state index in [0.29, 0.717) is 11.0 Å². The first-order valence-electron chi connectivity index (χ1n) is 15.3. The summed E-state index contributed by atoms with van der Waals surface area (Å²) in [6.07, 6.45) is -2.02. The fourth-order valence-electron chi connectivity index (χ4n) is 6.70. The van der Waals surface area contributed by atoms with E-state index in [1.165, 1.54) is 11.1 Å². The van der Waals surface area contributed by atoms with Crippen molar-refractivity contribution in [2.75, 3.05) is 4.90 Å². The molecule has 2 fully saturated rings. The van der Waals surface area contributed by atoms with Gasteiger partial charge in [0.1, 0.15) is 28.4 Å². The van der Waals surface area contributed by atoms with Crippen molar-refractivity contribution in [2.24, 2.45) is 16.8 Å². The number of carbonyl (C=O) groups is 2. The second-order valence-corrected chi connectivity index (χ2v) is 13.7. The molecule has 0 amide bonds. The molecule has 0 radical (unpaired) electrons. The number of nitrogens with zero attached hydrogens (tertiary/aromatic N) is 5. The Balaban J connectivity index is 1.28. The van der Waals surface area contributed by atoms with Crippen molar-refractivity contribution in [1.29, 1.82) is 0 Å². The Bertz CT molecular complexity index is 2180. The number of halogens is 2. The van der Waals surface area contributed by atoms with E-state index < -0.39 is 35.7 Å². The summed E-state index contributed by atoms with van der Waals surface area (Å²) in [5.74, 6) is -3.73. The molecule has 234 valence electrons. The number of fused-ring (bicyclic) bond motifs is 3. The molecule has 4 unspecified atom stereocenters. The van der Waals surface area contributed by atoms with Crippen molar-refractivity contribution in [2.45, 2.75) is 39.0 Å². The number of aryl methyl sites for hydroxylation is 2. The Labute approximate surface area is 276 Å². The highest BCUT2D eigenvalue weighted by atomic mass is 32.1. The van der Waals surface area contributed by atoms with E-state index in [9.17, 15) is 18.4 Å². The van der Waals surface area contributed by atoms with E-state index in [2.05, 4.69) is 98.1 Å². The van der Waals surface area contributed by atoms with Crippen molar-refractivity contribution >= 4 is 84.3 Å².